The van der Waals surface area contributed by atoms with Crippen molar-refractivity contribution in [3.63, 3.8) is 0 Å². The highest BCUT2D eigenvalue weighted by Crippen LogP contribution is 2.14. The number of rotatable bonds is 5. The molecule has 1 aromatic carbocycles. The average Bonchev–Trinajstić information content (AvgIpc) is 2.76. The molecule has 0 aliphatic rings. The number of nitrogens with zero attached hydrogens (tertiary/aromatic N) is 2. The van der Waals surface area contributed by atoms with Crippen molar-refractivity contribution >= 4 is 15.9 Å². The number of aromatic nitrogens is 2. The van der Waals surface area contributed by atoms with Gasteiger partial charge < -0.3 is 10.3 Å². The third-order valence-electron chi connectivity index (χ3n) is 2.72. The Hall–Kier alpha value is -1.20. The second-order valence-corrected chi connectivity index (χ2v) is 5.20. The first-order chi connectivity index (χ1) is 8.67. The van der Waals surface area contributed by atoms with Crippen molar-refractivity contribution < 1.29 is 4.52 Å². The molecule has 2 rings (SSSR count). The zero-order valence-corrected chi connectivity index (χ0v) is 11.9. The van der Waals surface area contributed by atoms with E-state index in [2.05, 4.69) is 26.1 Å². The van der Waals surface area contributed by atoms with Crippen LogP contribution in [-0.2, 0) is 12.8 Å². The summed E-state index contributed by atoms with van der Waals surface area (Å²) in [5, 5.41) is 3.94. The van der Waals surface area contributed by atoms with E-state index >= 15 is 0 Å². The van der Waals surface area contributed by atoms with Gasteiger partial charge in [-0.2, -0.15) is 4.98 Å². The first-order valence-electron chi connectivity index (χ1n) is 5.99. The minimum absolute atomic E-state index is 0.0984. The van der Waals surface area contributed by atoms with Gasteiger partial charge in [-0.05, 0) is 24.1 Å². The van der Waals surface area contributed by atoms with Gasteiger partial charge in [-0.15, -0.1) is 0 Å². The van der Waals surface area contributed by atoms with Crippen molar-refractivity contribution in [2.24, 2.45) is 5.73 Å². The molecule has 0 fully saturated rings. The first kappa shape index (κ1) is 13.2. The van der Waals surface area contributed by atoms with Crippen LogP contribution in [0.3, 0.4) is 0 Å². The summed E-state index contributed by atoms with van der Waals surface area (Å²) >= 11 is 3.44. The highest BCUT2D eigenvalue weighted by molar-refractivity contribution is 9.10. The van der Waals surface area contributed by atoms with Gasteiger partial charge in [0.2, 0.25) is 5.89 Å². The summed E-state index contributed by atoms with van der Waals surface area (Å²) < 4.78 is 6.27. The third-order valence-corrected chi connectivity index (χ3v) is 3.22. The molecule has 0 radical (unpaired) electrons. The molecule has 0 spiro atoms. The molecule has 4 nitrogen and oxygen atoms in total. The quantitative estimate of drug-likeness (QED) is 0.922. The normalized spacial score (nSPS) is 12.6. The molecule has 0 aliphatic heterocycles. The number of hydrogen-bond donors (Lipinski definition) is 1. The molecule has 2 aromatic rings. The fraction of sp³-hybridized carbons (Fsp3) is 0.385. The lowest BCUT2D eigenvalue weighted by Crippen LogP contribution is -2.22. The lowest BCUT2D eigenvalue weighted by atomic mass is 10.1. The number of nitrogens with two attached hydrogens (primary N) is 1. The fourth-order valence-electron chi connectivity index (χ4n) is 1.65. The molecule has 2 N–H and O–H groups in total. The summed E-state index contributed by atoms with van der Waals surface area (Å²) in [5.74, 6) is 1.32. The lowest BCUT2D eigenvalue weighted by Gasteiger charge is -2.02. The molecule has 5 heteroatoms. The molecular weight excluding hydrogens is 294 g/mol. The smallest absolute Gasteiger partial charge is 0.231 e. The van der Waals surface area contributed by atoms with Crippen LogP contribution in [0.25, 0.3) is 0 Å². The molecule has 0 saturated heterocycles. The van der Waals surface area contributed by atoms with E-state index in [1.54, 1.807) is 0 Å². The van der Waals surface area contributed by atoms with E-state index < -0.39 is 0 Å². The maximum atomic E-state index is 5.86. The number of benzene rings is 1. The molecule has 1 heterocycles. The molecule has 0 aliphatic carbocycles. The van der Waals surface area contributed by atoms with Gasteiger partial charge >= 0.3 is 0 Å². The summed E-state index contributed by atoms with van der Waals surface area (Å²) in [6.45, 7) is 2.05. The largest absolute Gasteiger partial charge is 0.339 e. The zero-order chi connectivity index (χ0) is 13.0. The fourth-order valence-corrected chi connectivity index (χ4v) is 2.09. The van der Waals surface area contributed by atoms with E-state index in [4.69, 9.17) is 10.3 Å². The third kappa shape index (κ3) is 3.65. The van der Waals surface area contributed by atoms with E-state index in [1.807, 2.05) is 31.2 Å². The van der Waals surface area contributed by atoms with Crippen LogP contribution < -0.4 is 5.73 Å². The topological polar surface area (TPSA) is 64.9 Å². The van der Waals surface area contributed by atoms with E-state index in [0.29, 0.717) is 24.6 Å². The highest BCUT2D eigenvalue weighted by atomic mass is 79.9. The van der Waals surface area contributed by atoms with Gasteiger partial charge in [0.25, 0.3) is 0 Å². The molecule has 0 bridgehead atoms. The van der Waals surface area contributed by atoms with Gasteiger partial charge in [0.15, 0.2) is 5.82 Å². The van der Waals surface area contributed by atoms with Crippen LogP contribution in [0, 0.1) is 0 Å². The molecular formula is C13H16BrN3O. The van der Waals surface area contributed by atoms with E-state index in [1.165, 1.54) is 0 Å². The zero-order valence-electron chi connectivity index (χ0n) is 10.3. The Balaban J connectivity index is 2.02. The molecule has 18 heavy (non-hydrogen) atoms. The van der Waals surface area contributed by atoms with E-state index in [0.717, 1.165) is 16.5 Å². The van der Waals surface area contributed by atoms with Crippen molar-refractivity contribution in [1.82, 2.24) is 10.1 Å². The van der Waals surface area contributed by atoms with E-state index in [-0.39, 0.29) is 6.04 Å². The molecule has 96 valence electrons. The van der Waals surface area contributed by atoms with Crippen molar-refractivity contribution in [2.75, 3.05) is 0 Å². The second-order valence-electron chi connectivity index (χ2n) is 4.28. The standard InChI is InChI=1S/C13H16BrN3O/c1-2-11(15)8-12-16-13(18-17-12)7-9-4-3-5-10(14)6-9/h3-6,11H,2,7-8,15H2,1H3. The molecule has 1 aromatic heterocycles. The highest BCUT2D eigenvalue weighted by Gasteiger charge is 2.10. The van der Waals surface area contributed by atoms with Gasteiger partial charge in [-0.3, -0.25) is 0 Å². The predicted molar refractivity (Wildman–Crippen MR) is 73.2 cm³/mol. The molecule has 0 amide bonds. The SMILES string of the molecule is CCC(N)Cc1noc(Cc2cccc(Br)c2)n1. The average molecular weight is 310 g/mol. The molecule has 1 unspecified atom stereocenters. The van der Waals surface area contributed by atoms with Gasteiger partial charge in [-0.1, -0.05) is 40.1 Å². The van der Waals surface area contributed by atoms with Crippen LogP contribution in [0.5, 0.6) is 0 Å². The minimum Gasteiger partial charge on any atom is -0.339 e. The van der Waals surface area contributed by atoms with E-state index in [9.17, 15) is 0 Å². The van der Waals surface area contributed by atoms with Crippen molar-refractivity contribution in [2.45, 2.75) is 32.2 Å². The van der Waals surface area contributed by atoms with Crippen LogP contribution in [0.2, 0.25) is 0 Å². The maximum Gasteiger partial charge on any atom is 0.231 e. The van der Waals surface area contributed by atoms with Crippen molar-refractivity contribution in [3.8, 4) is 0 Å². The first-order valence-corrected chi connectivity index (χ1v) is 6.78. The van der Waals surface area contributed by atoms with Gasteiger partial charge in [0, 0.05) is 16.9 Å². The Kier molecular flexibility index (Phi) is 4.49. The van der Waals surface area contributed by atoms with Gasteiger partial charge in [-0.25, -0.2) is 0 Å². The Bertz CT molecular complexity index is 512. The summed E-state index contributed by atoms with van der Waals surface area (Å²) in [6.07, 6.45) is 2.22. The summed E-state index contributed by atoms with van der Waals surface area (Å²) in [6, 6.07) is 8.15. The lowest BCUT2D eigenvalue weighted by molar-refractivity contribution is 0.377. The van der Waals surface area contributed by atoms with Crippen LogP contribution in [-0.4, -0.2) is 16.2 Å². The van der Waals surface area contributed by atoms with Crippen LogP contribution >= 0.6 is 15.9 Å². The van der Waals surface area contributed by atoms with Crippen LogP contribution in [0.4, 0.5) is 0 Å². The number of hydrogen-bond acceptors (Lipinski definition) is 4. The van der Waals surface area contributed by atoms with Crippen molar-refractivity contribution in [3.05, 3.63) is 46.0 Å². The Labute approximate surface area is 115 Å². The Morgan fingerprint density at radius 1 is 1.44 bits per heavy atom. The summed E-state index contributed by atoms with van der Waals surface area (Å²) in [4.78, 5) is 4.35. The predicted octanol–water partition coefficient (Wildman–Crippen LogP) is 2.70. The Morgan fingerprint density at radius 3 is 3.00 bits per heavy atom. The summed E-state index contributed by atoms with van der Waals surface area (Å²) in [5.41, 5.74) is 7.00. The molecule has 1 atom stereocenters. The molecule has 0 saturated carbocycles. The minimum atomic E-state index is 0.0984. The number of halogens is 1. The summed E-state index contributed by atoms with van der Waals surface area (Å²) in [7, 11) is 0. The monoisotopic (exact) mass is 309 g/mol. The van der Waals surface area contributed by atoms with Crippen LogP contribution in [0.1, 0.15) is 30.6 Å². The second kappa shape index (κ2) is 6.11. The van der Waals surface area contributed by atoms with Crippen LogP contribution in [0.15, 0.2) is 33.3 Å². The van der Waals surface area contributed by atoms with Gasteiger partial charge in [0.1, 0.15) is 0 Å². The Morgan fingerprint density at radius 2 is 2.28 bits per heavy atom. The van der Waals surface area contributed by atoms with Gasteiger partial charge in [0.05, 0.1) is 6.42 Å². The van der Waals surface area contributed by atoms with Crippen molar-refractivity contribution in [1.29, 1.82) is 0 Å². The maximum absolute atomic E-state index is 5.86.